The maximum absolute atomic E-state index is 14.3. The first-order valence-electron chi connectivity index (χ1n) is 16.9. The van der Waals surface area contributed by atoms with Gasteiger partial charge < -0.3 is 4.42 Å². The summed E-state index contributed by atoms with van der Waals surface area (Å²) in [5.41, 5.74) is 2.12. The second-order valence-electron chi connectivity index (χ2n) is 10.9. The Hall–Kier alpha value is -6.61. The zero-order valence-corrected chi connectivity index (χ0v) is 23.6. The van der Waals surface area contributed by atoms with E-state index in [0.717, 1.165) is 15.3 Å². The molecule has 0 saturated heterocycles. The summed E-state index contributed by atoms with van der Waals surface area (Å²) in [6, 6.07) is 24.6. The Balaban J connectivity index is 1.34. The van der Waals surface area contributed by atoms with Crippen LogP contribution >= 0.6 is 0 Å². The molecule has 0 aliphatic rings. The lowest BCUT2D eigenvalue weighted by Gasteiger charge is -2.10. The lowest BCUT2D eigenvalue weighted by atomic mass is 10.1. The molecule has 0 radical (unpaired) electrons. The van der Waals surface area contributed by atoms with Crippen molar-refractivity contribution >= 4 is 54.8 Å². The molecular weight excluding hydrogens is 576 g/mol. The molecule has 10 rings (SSSR count). The van der Waals surface area contributed by atoms with E-state index in [1.807, 2.05) is 42.5 Å². The van der Waals surface area contributed by atoms with E-state index in [1.54, 1.807) is 53.0 Å². The first-order valence-corrected chi connectivity index (χ1v) is 14.4. The van der Waals surface area contributed by atoms with Crippen molar-refractivity contribution < 1.29 is 11.3 Å². The molecule has 0 atom stereocenters. The van der Waals surface area contributed by atoms with Crippen molar-refractivity contribution in [2.45, 2.75) is 0 Å². The summed E-state index contributed by atoms with van der Waals surface area (Å²) in [7, 11) is 0. The Morgan fingerprint density at radius 2 is 1.24 bits per heavy atom. The number of nitrogens with zero attached hydrogens (tertiary/aromatic N) is 6. The van der Waals surface area contributed by atoms with Crippen molar-refractivity contribution in [1.29, 1.82) is 0 Å². The number of aromatic nitrogens is 6. The lowest BCUT2D eigenvalue weighted by molar-refractivity contribution is 0.669. The minimum absolute atomic E-state index is 0.0552. The van der Waals surface area contributed by atoms with Crippen molar-refractivity contribution in [3.8, 4) is 28.7 Å². The third-order valence-corrected chi connectivity index (χ3v) is 8.39. The fourth-order valence-corrected chi connectivity index (χ4v) is 6.43. The molecule has 0 aliphatic heterocycles. The van der Waals surface area contributed by atoms with Crippen LogP contribution < -0.4 is 11.1 Å². The third-order valence-electron chi connectivity index (χ3n) is 8.39. The van der Waals surface area contributed by atoms with Crippen LogP contribution in [0.1, 0.15) is 6.85 Å². The molecule has 5 aromatic carbocycles. The molecule has 0 bridgehead atoms. The van der Waals surface area contributed by atoms with E-state index in [4.69, 9.17) is 21.2 Å². The molecule has 216 valence electrons. The van der Waals surface area contributed by atoms with Crippen LogP contribution in [-0.2, 0) is 0 Å². The number of hydrogen-bond acceptors (Lipinski definition) is 6. The van der Waals surface area contributed by atoms with E-state index in [1.165, 1.54) is 4.57 Å². The Labute approximate surface area is 265 Å². The Morgan fingerprint density at radius 1 is 0.565 bits per heavy atom. The van der Waals surface area contributed by atoms with Crippen LogP contribution in [0.25, 0.3) is 83.5 Å². The molecular formula is C37H20N6O3. The molecule has 9 heteroatoms. The van der Waals surface area contributed by atoms with Gasteiger partial charge in [0.15, 0.2) is 11.6 Å². The second kappa shape index (κ2) is 8.96. The molecule has 0 aliphatic carbocycles. The maximum Gasteiger partial charge on any atom is 0.299 e. The number of rotatable bonds is 3. The van der Waals surface area contributed by atoms with E-state index in [9.17, 15) is 9.59 Å². The minimum atomic E-state index is -0.600. The van der Waals surface area contributed by atoms with Crippen LogP contribution in [0, 0.1) is 0 Å². The Bertz CT molecular complexity index is 3250. The summed E-state index contributed by atoms with van der Waals surface area (Å²) < 4.78 is 52.6. The van der Waals surface area contributed by atoms with Crippen LogP contribution in [0.2, 0.25) is 0 Å². The lowest BCUT2D eigenvalue weighted by Crippen LogP contribution is -2.23. The maximum atomic E-state index is 14.3. The predicted molar refractivity (Wildman–Crippen MR) is 178 cm³/mol. The van der Waals surface area contributed by atoms with Gasteiger partial charge >= 0.3 is 0 Å². The number of hydrogen-bond donors (Lipinski definition) is 0. The van der Waals surface area contributed by atoms with Crippen LogP contribution in [0.15, 0.2) is 135 Å². The zero-order chi connectivity index (χ0) is 34.9. The van der Waals surface area contributed by atoms with Crippen molar-refractivity contribution in [3.05, 3.63) is 142 Å². The molecule has 0 unspecified atom stereocenters. The average molecular weight is 602 g/mol. The van der Waals surface area contributed by atoms with Gasteiger partial charge in [-0.1, -0.05) is 84.8 Å². The molecule has 46 heavy (non-hydrogen) atoms. The molecule has 0 fully saturated rings. The average Bonchev–Trinajstić information content (AvgIpc) is 3.87. The van der Waals surface area contributed by atoms with Crippen molar-refractivity contribution in [2.75, 3.05) is 0 Å². The molecule has 5 aromatic heterocycles. The SMILES string of the molecule is [2H]c1c([2H])c([2H])c(-c2nc(-c3ccc4c(c3)oc3ccccc34)nc(-n3c4ccccc4c4c3c(=O)n3c(=O)c5ccccc5n43)n2)c([2H])c1[2H]. The smallest absolute Gasteiger partial charge is 0.299 e. The number of benzene rings is 5. The second-order valence-corrected chi connectivity index (χ2v) is 10.9. The highest BCUT2D eigenvalue weighted by molar-refractivity contribution is 6.09. The number of furan rings is 1. The van der Waals surface area contributed by atoms with Gasteiger partial charge in [0.1, 0.15) is 22.2 Å². The Morgan fingerprint density at radius 3 is 2.07 bits per heavy atom. The molecule has 0 amide bonds. The highest BCUT2D eigenvalue weighted by Crippen LogP contribution is 2.34. The van der Waals surface area contributed by atoms with Crippen LogP contribution in [0.5, 0.6) is 0 Å². The van der Waals surface area contributed by atoms with E-state index in [2.05, 4.69) is 4.98 Å². The minimum Gasteiger partial charge on any atom is -0.456 e. The van der Waals surface area contributed by atoms with Gasteiger partial charge in [0.25, 0.3) is 11.1 Å². The molecule has 9 nitrogen and oxygen atoms in total. The quantitative estimate of drug-likeness (QED) is 0.219. The summed E-state index contributed by atoms with van der Waals surface area (Å²) in [6.07, 6.45) is 0. The van der Waals surface area contributed by atoms with Gasteiger partial charge in [0.05, 0.1) is 23.3 Å². The summed E-state index contributed by atoms with van der Waals surface area (Å²) in [5.74, 6) is -0.153. The largest absolute Gasteiger partial charge is 0.456 e. The summed E-state index contributed by atoms with van der Waals surface area (Å²) in [5, 5.41) is 2.83. The van der Waals surface area contributed by atoms with Crippen LogP contribution in [0.4, 0.5) is 0 Å². The first-order chi connectivity index (χ1) is 24.7. The summed E-state index contributed by atoms with van der Waals surface area (Å²) >= 11 is 0. The standard InChI is InChI=1S/C37H20N6O3/c44-35-26-14-5-8-16-28(26)42-31-25-13-4-7-15-27(25)41(32(31)36(45)43(35)42)37-39-33(21-10-2-1-3-11-21)38-34(40-37)22-18-19-24-23-12-6-9-17-29(23)46-30(24)20-22/h1-20H/i1D,2D,3D,10D,11D. The third kappa shape index (κ3) is 3.25. The van der Waals surface area contributed by atoms with E-state index in [-0.39, 0.29) is 28.7 Å². The van der Waals surface area contributed by atoms with E-state index in [0.29, 0.717) is 44.1 Å². The van der Waals surface area contributed by atoms with Crippen molar-refractivity contribution in [3.63, 3.8) is 0 Å². The van der Waals surface area contributed by atoms with Crippen LogP contribution in [0.3, 0.4) is 0 Å². The molecule has 5 heterocycles. The van der Waals surface area contributed by atoms with Gasteiger partial charge in [-0.3, -0.25) is 14.2 Å². The van der Waals surface area contributed by atoms with Gasteiger partial charge in [0.2, 0.25) is 5.95 Å². The fourth-order valence-electron chi connectivity index (χ4n) is 6.43. The topological polar surface area (TPSA) is 99.7 Å². The van der Waals surface area contributed by atoms with Gasteiger partial charge in [-0.05, 0) is 36.4 Å². The van der Waals surface area contributed by atoms with Crippen LogP contribution in [-0.4, -0.2) is 28.5 Å². The van der Waals surface area contributed by atoms with E-state index < -0.39 is 41.3 Å². The van der Waals surface area contributed by atoms with E-state index >= 15 is 0 Å². The fraction of sp³-hybridized carbons (Fsp3) is 0. The van der Waals surface area contributed by atoms with Crippen molar-refractivity contribution in [1.82, 2.24) is 28.5 Å². The summed E-state index contributed by atoms with van der Waals surface area (Å²) in [6.45, 7) is 0. The highest BCUT2D eigenvalue weighted by atomic mass is 16.3. The van der Waals surface area contributed by atoms with Gasteiger partial charge in [-0.2, -0.15) is 14.5 Å². The first kappa shape index (κ1) is 20.4. The monoisotopic (exact) mass is 601 g/mol. The number of para-hydroxylation sites is 3. The van der Waals surface area contributed by atoms with Gasteiger partial charge in [-0.25, -0.2) is 9.50 Å². The van der Waals surface area contributed by atoms with Gasteiger partial charge in [-0.15, -0.1) is 0 Å². The summed E-state index contributed by atoms with van der Waals surface area (Å²) in [4.78, 5) is 42.1. The zero-order valence-electron chi connectivity index (χ0n) is 28.6. The highest BCUT2D eigenvalue weighted by Gasteiger charge is 2.26. The predicted octanol–water partition coefficient (Wildman–Crippen LogP) is 6.87. The molecule has 0 N–H and O–H groups in total. The Kier molecular flexibility index (Phi) is 3.97. The molecule has 0 spiro atoms. The molecule has 10 aromatic rings. The molecule has 0 saturated carbocycles. The van der Waals surface area contributed by atoms with Crippen molar-refractivity contribution in [2.24, 2.45) is 0 Å². The van der Waals surface area contributed by atoms with Gasteiger partial charge in [0, 0.05) is 27.3 Å². The normalized spacial score (nSPS) is 13.6. The number of fused-ring (bicyclic) bond motifs is 10.